The molecule has 0 aliphatic carbocycles. The van der Waals surface area contributed by atoms with E-state index in [2.05, 4.69) is 4.98 Å². The molecule has 0 atom stereocenters. The number of carbonyl (C=O) groups is 1. The molecule has 150 valence electrons. The van der Waals surface area contributed by atoms with Crippen molar-refractivity contribution in [3.05, 3.63) is 87.3 Å². The number of aromatic amines is 1. The van der Waals surface area contributed by atoms with Crippen LogP contribution in [0.15, 0.2) is 53.5 Å². The number of pyridine rings is 1. The number of ketones is 1. The van der Waals surface area contributed by atoms with Gasteiger partial charge in [0.25, 0.3) is 5.56 Å². The lowest BCUT2D eigenvalue weighted by atomic mass is 9.82. The SMILES string of the molecule is COc1c(C(=O)c2cc(F)cc(F)c2)cc(-c2ccc[nH]c2=O)cc1C(C)(C)C. The van der Waals surface area contributed by atoms with Crippen molar-refractivity contribution in [1.82, 2.24) is 4.98 Å². The van der Waals surface area contributed by atoms with Crippen LogP contribution in [0.2, 0.25) is 0 Å². The van der Waals surface area contributed by atoms with Crippen LogP contribution in [-0.4, -0.2) is 17.9 Å². The molecule has 0 radical (unpaired) electrons. The first-order valence-electron chi connectivity index (χ1n) is 9.03. The molecule has 3 aromatic rings. The summed E-state index contributed by atoms with van der Waals surface area (Å²) in [5.41, 5.74) is 0.833. The summed E-state index contributed by atoms with van der Waals surface area (Å²) >= 11 is 0. The van der Waals surface area contributed by atoms with Gasteiger partial charge in [-0.05, 0) is 47.4 Å². The molecule has 6 heteroatoms. The lowest BCUT2D eigenvalue weighted by Gasteiger charge is -2.25. The number of rotatable bonds is 4. The minimum absolute atomic E-state index is 0.128. The molecule has 1 aromatic heterocycles. The van der Waals surface area contributed by atoms with Crippen LogP contribution in [0.5, 0.6) is 5.75 Å². The van der Waals surface area contributed by atoms with Gasteiger partial charge in [0.15, 0.2) is 5.78 Å². The van der Waals surface area contributed by atoms with Crippen LogP contribution in [0.1, 0.15) is 42.3 Å². The molecule has 0 saturated carbocycles. The lowest BCUT2D eigenvalue weighted by molar-refractivity contribution is 0.103. The van der Waals surface area contributed by atoms with E-state index in [-0.39, 0.29) is 16.7 Å². The molecule has 0 aliphatic heterocycles. The van der Waals surface area contributed by atoms with E-state index < -0.39 is 22.8 Å². The Morgan fingerprint density at radius 2 is 1.69 bits per heavy atom. The molecule has 0 bridgehead atoms. The highest BCUT2D eigenvalue weighted by Crippen LogP contribution is 2.38. The lowest BCUT2D eigenvalue weighted by Crippen LogP contribution is -2.17. The molecular weight excluding hydrogens is 376 g/mol. The molecule has 0 aliphatic rings. The summed E-state index contributed by atoms with van der Waals surface area (Å²) in [4.78, 5) is 28.1. The molecule has 1 heterocycles. The predicted molar refractivity (Wildman–Crippen MR) is 108 cm³/mol. The Labute approximate surface area is 167 Å². The summed E-state index contributed by atoms with van der Waals surface area (Å²) in [6, 6.07) is 9.29. The highest BCUT2D eigenvalue weighted by molar-refractivity contribution is 6.11. The van der Waals surface area contributed by atoms with E-state index in [1.54, 1.807) is 18.2 Å². The Balaban J connectivity index is 2.32. The molecule has 0 saturated heterocycles. The molecular formula is C23H21F2NO3. The predicted octanol–water partition coefficient (Wildman–Crippen LogP) is 4.86. The summed E-state index contributed by atoms with van der Waals surface area (Å²) in [5.74, 6) is -1.98. The Morgan fingerprint density at radius 3 is 2.24 bits per heavy atom. The monoisotopic (exact) mass is 397 g/mol. The average Bonchev–Trinajstić information content (AvgIpc) is 2.65. The van der Waals surface area contributed by atoms with Gasteiger partial charge >= 0.3 is 0 Å². The fourth-order valence-corrected chi connectivity index (χ4v) is 3.22. The van der Waals surface area contributed by atoms with Crippen LogP contribution >= 0.6 is 0 Å². The first-order chi connectivity index (χ1) is 13.6. The highest BCUT2D eigenvalue weighted by atomic mass is 19.1. The normalized spacial score (nSPS) is 11.4. The zero-order valence-corrected chi connectivity index (χ0v) is 16.6. The molecule has 0 fully saturated rings. The highest BCUT2D eigenvalue weighted by Gasteiger charge is 2.27. The van der Waals surface area contributed by atoms with Gasteiger partial charge in [0.1, 0.15) is 17.4 Å². The standard InChI is InChI=1S/C23H21F2NO3/c1-23(2,3)19-11-13(17-6-5-7-26-22(17)28)10-18(21(19)29-4)20(27)14-8-15(24)12-16(25)9-14/h5-12H,1-4H3,(H,26,28). The van der Waals surface area contributed by atoms with Gasteiger partial charge in [0, 0.05) is 29.0 Å². The number of carbonyl (C=O) groups excluding carboxylic acids is 1. The maximum atomic E-state index is 13.7. The van der Waals surface area contributed by atoms with Crippen molar-refractivity contribution >= 4 is 5.78 Å². The van der Waals surface area contributed by atoms with Gasteiger partial charge in [0.2, 0.25) is 0 Å². The van der Waals surface area contributed by atoms with E-state index >= 15 is 0 Å². The third-order valence-electron chi connectivity index (χ3n) is 4.60. The number of aromatic nitrogens is 1. The van der Waals surface area contributed by atoms with Gasteiger partial charge in [-0.15, -0.1) is 0 Å². The van der Waals surface area contributed by atoms with Crippen LogP contribution in [0.4, 0.5) is 8.78 Å². The van der Waals surface area contributed by atoms with Crippen molar-refractivity contribution in [1.29, 1.82) is 0 Å². The summed E-state index contributed by atoms with van der Waals surface area (Å²) in [6.45, 7) is 5.83. The smallest absolute Gasteiger partial charge is 0.255 e. The van der Waals surface area contributed by atoms with Crippen molar-refractivity contribution in [2.24, 2.45) is 0 Å². The summed E-state index contributed by atoms with van der Waals surface area (Å²) < 4.78 is 32.9. The minimum Gasteiger partial charge on any atom is -0.496 e. The van der Waals surface area contributed by atoms with Crippen LogP contribution in [0, 0.1) is 11.6 Å². The fourth-order valence-electron chi connectivity index (χ4n) is 3.22. The Morgan fingerprint density at radius 1 is 1.03 bits per heavy atom. The van der Waals surface area contributed by atoms with Crippen molar-refractivity contribution in [3.63, 3.8) is 0 Å². The second kappa shape index (κ2) is 7.62. The molecule has 0 amide bonds. The number of H-pyrrole nitrogens is 1. The van der Waals surface area contributed by atoms with Crippen molar-refractivity contribution in [3.8, 4) is 16.9 Å². The second-order valence-electron chi connectivity index (χ2n) is 7.75. The minimum atomic E-state index is -0.848. The summed E-state index contributed by atoms with van der Waals surface area (Å²) in [7, 11) is 1.43. The van der Waals surface area contributed by atoms with E-state index in [9.17, 15) is 18.4 Å². The van der Waals surface area contributed by atoms with Crippen LogP contribution in [0.25, 0.3) is 11.1 Å². The molecule has 4 nitrogen and oxygen atoms in total. The van der Waals surface area contributed by atoms with Crippen LogP contribution in [0.3, 0.4) is 0 Å². The number of hydrogen-bond acceptors (Lipinski definition) is 3. The van der Waals surface area contributed by atoms with Crippen molar-refractivity contribution in [2.75, 3.05) is 7.11 Å². The molecule has 2 aromatic carbocycles. The first-order valence-corrected chi connectivity index (χ1v) is 9.03. The van der Waals surface area contributed by atoms with Gasteiger partial charge in [-0.3, -0.25) is 9.59 Å². The molecule has 3 rings (SSSR count). The van der Waals surface area contributed by atoms with Gasteiger partial charge in [-0.1, -0.05) is 20.8 Å². The van der Waals surface area contributed by atoms with Gasteiger partial charge in [-0.25, -0.2) is 8.78 Å². The van der Waals surface area contributed by atoms with E-state index in [0.29, 0.717) is 28.5 Å². The number of methoxy groups -OCH3 is 1. The maximum Gasteiger partial charge on any atom is 0.255 e. The topological polar surface area (TPSA) is 59.2 Å². The second-order valence-corrected chi connectivity index (χ2v) is 7.75. The van der Waals surface area contributed by atoms with E-state index in [0.717, 1.165) is 12.1 Å². The number of benzene rings is 2. The maximum absolute atomic E-state index is 13.7. The number of nitrogens with one attached hydrogen (secondary N) is 1. The van der Waals surface area contributed by atoms with E-state index in [1.165, 1.54) is 19.4 Å². The quantitative estimate of drug-likeness (QED) is 0.640. The van der Waals surface area contributed by atoms with E-state index in [4.69, 9.17) is 4.74 Å². The van der Waals surface area contributed by atoms with Crippen molar-refractivity contribution < 1.29 is 18.3 Å². The van der Waals surface area contributed by atoms with Gasteiger partial charge in [0.05, 0.1) is 12.7 Å². The zero-order chi connectivity index (χ0) is 21.3. The Hall–Kier alpha value is -3.28. The summed E-state index contributed by atoms with van der Waals surface area (Å²) in [6.07, 6.45) is 1.52. The number of hydrogen-bond donors (Lipinski definition) is 1. The Bertz CT molecular complexity index is 1120. The van der Waals surface area contributed by atoms with Crippen molar-refractivity contribution in [2.45, 2.75) is 26.2 Å². The third-order valence-corrected chi connectivity index (χ3v) is 4.60. The molecule has 0 spiro atoms. The molecule has 0 unspecified atom stereocenters. The van der Waals surface area contributed by atoms with Gasteiger partial charge < -0.3 is 9.72 Å². The van der Waals surface area contributed by atoms with Crippen LogP contribution in [-0.2, 0) is 5.41 Å². The van der Waals surface area contributed by atoms with Gasteiger partial charge in [-0.2, -0.15) is 0 Å². The average molecular weight is 397 g/mol. The van der Waals surface area contributed by atoms with E-state index in [1.807, 2.05) is 20.8 Å². The largest absolute Gasteiger partial charge is 0.496 e. The number of ether oxygens (including phenoxy) is 1. The zero-order valence-electron chi connectivity index (χ0n) is 16.6. The number of halogens is 2. The summed E-state index contributed by atoms with van der Waals surface area (Å²) in [5, 5.41) is 0. The first kappa shape index (κ1) is 20.5. The molecule has 1 N–H and O–H groups in total. The van der Waals surface area contributed by atoms with Crippen LogP contribution < -0.4 is 10.3 Å². The third kappa shape index (κ3) is 4.11. The fraction of sp³-hybridized carbons (Fsp3) is 0.217. The molecule has 29 heavy (non-hydrogen) atoms. The Kier molecular flexibility index (Phi) is 5.38.